The second kappa shape index (κ2) is 9.63. The fourth-order valence-corrected chi connectivity index (χ4v) is 5.04. The molecule has 38 heavy (non-hydrogen) atoms. The summed E-state index contributed by atoms with van der Waals surface area (Å²) in [5.74, 6) is 2.70. The second-order valence-corrected chi connectivity index (χ2v) is 9.44. The molecule has 0 spiro atoms. The van der Waals surface area contributed by atoms with Gasteiger partial charge in [0.05, 0.1) is 0 Å². The van der Waals surface area contributed by atoms with E-state index in [1.54, 1.807) is 24.3 Å². The van der Waals surface area contributed by atoms with Gasteiger partial charge in [0.2, 0.25) is 13.6 Å². The maximum absolute atomic E-state index is 9.91. The lowest BCUT2D eigenvalue weighted by Gasteiger charge is -2.17. The molecule has 0 radical (unpaired) electrons. The van der Waals surface area contributed by atoms with Crippen LogP contribution in [0.5, 0.6) is 46.0 Å². The van der Waals surface area contributed by atoms with Crippen LogP contribution < -0.4 is 18.9 Å². The predicted octanol–water partition coefficient (Wildman–Crippen LogP) is 5.20. The van der Waals surface area contributed by atoms with Gasteiger partial charge >= 0.3 is 0 Å². The second-order valence-electron chi connectivity index (χ2n) is 9.44. The zero-order valence-electron chi connectivity index (χ0n) is 20.4. The molecule has 0 bridgehead atoms. The molecule has 0 saturated carbocycles. The van der Waals surface area contributed by atoms with Gasteiger partial charge in [-0.2, -0.15) is 0 Å². The summed E-state index contributed by atoms with van der Waals surface area (Å²) in [6, 6.07) is 17.1. The van der Waals surface area contributed by atoms with Crippen LogP contribution in [0.1, 0.15) is 22.3 Å². The van der Waals surface area contributed by atoms with Crippen LogP contribution in [-0.4, -0.2) is 34.0 Å². The largest absolute Gasteiger partial charge is 0.508 e. The first-order chi connectivity index (χ1) is 18.4. The Balaban J connectivity index is 1.39. The minimum absolute atomic E-state index is 0.0157. The van der Waals surface area contributed by atoms with Crippen LogP contribution in [0.3, 0.4) is 0 Å². The van der Waals surface area contributed by atoms with Gasteiger partial charge in [-0.3, -0.25) is 0 Å². The highest BCUT2D eigenvalue weighted by molar-refractivity contribution is 5.77. The third kappa shape index (κ3) is 4.80. The summed E-state index contributed by atoms with van der Waals surface area (Å²) in [7, 11) is 0. The Morgan fingerprint density at radius 1 is 0.421 bits per heavy atom. The number of aryl methyl sites for hydroxylation is 4. The lowest BCUT2D eigenvalue weighted by molar-refractivity contribution is 0.173. The predicted molar refractivity (Wildman–Crippen MR) is 138 cm³/mol. The standard InChI is InChI=1S/C30H26O8/c31-21-5-17(6-22(32)11-21)1-3-19-9-27-29(37-15-35-27)13-25(19)26-14-30-28(36-16-38-30)10-20(26)4-2-18-7-23(33)12-24(34)8-18/h5-14,31-34H,1-4,15-16H2. The molecule has 0 aliphatic carbocycles. The molecule has 0 aromatic heterocycles. The molecule has 194 valence electrons. The molecule has 8 nitrogen and oxygen atoms in total. The zero-order valence-corrected chi connectivity index (χ0v) is 20.4. The molecule has 4 aromatic rings. The quantitative estimate of drug-likeness (QED) is 0.266. The van der Waals surface area contributed by atoms with Crippen molar-refractivity contribution in [2.24, 2.45) is 0 Å². The lowest BCUT2D eigenvalue weighted by Crippen LogP contribution is -2.00. The molecule has 2 aliphatic heterocycles. The van der Waals surface area contributed by atoms with Gasteiger partial charge in [0.1, 0.15) is 23.0 Å². The van der Waals surface area contributed by atoms with Gasteiger partial charge in [0.25, 0.3) is 0 Å². The van der Waals surface area contributed by atoms with Crippen LogP contribution >= 0.6 is 0 Å². The number of phenolic OH excluding ortho intramolecular Hbond substituents is 4. The van der Waals surface area contributed by atoms with Crippen LogP contribution in [0.25, 0.3) is 11.1 Å². The molecule has 0 unspecified atom stereocenters. The van der Waals surface area contributed by atoms with E-state index in [1.165, 1.54) is 12.1 Å². The highest BCUT2D eigenvalue weighted by Gasteiger charge is 2.23. The van der Waals surface area contributed by atoms with Gasteiger partial charge in [0, 0.05) is 12.1 Å². The summed E-state index contributed by atoms with van der Waals surface area (Å²) in [6.45, 7) is 0.293. The number of fused-ring (bicyclic) bond motifs is 2. The fraction of sp³-hybridized carbons (Fsp3) is 0.200. The van der Waals surface area contributed by atoms with Crippen molar-refractivity contribution in [3.63, 3.8) is 0 Å². The van der Waals surface area contributed by atoms with Crippen molar-refractivity contribution in [2.45, 2.75) is 25.7 Å². The maximum Gasteiger partial charge on any atom is 0.231 e. The first-order valence-electron chi connectivity index (χ1n) is 12.3. The molecule has 2 aliphatic rings. The van der Waals surface area contributed by atoms with E-state index in [0.717, 1.165) is 33.4 Å². The summed E-state index contributed by atoms with van der Waals surface area (Å²) in [4.78, 5) is 0. The first-order valence-corrected chi connectivity index (χ1v) is 12.3. The number of phenols is 4. The van der Waals surface area contributed by atoms with Crippen molar-refractivity contribution >= 4 is 0 Å². The molecule has 4 aromatic carbocycles. The highest BCUT2D eigenvalue weighted by atomic mass is 16.7. The normalized spacial score (nSPS) is 13.2. The number of ether oxygens (including phenoxy) is 4. The molecule has 4 N–H and O–H groups in total. The molecule has 0 amide bonds. The van der Waals surface area contributed by atoms with E-state index in [9.17, 15) is 20.4 Å². The average Bonchev–Trinajstić information content (AvgIpc) is 3.52. The van der Waals surface area contributed by atoms with E-state index in [-0.39, 0.29) is 36.6 Å². The van der Waals surface area contributed by atoms with Crippen LogP contribution in [0.4, 0.5) is 0 Å². The van der Waals surface area contributed by atoms with Crippen molar-refractivity contribution in [2.75, 3.05) is 13.6 Å². The van der Waals surface area contributed by atoms with Crippen LogP contribution in [0, 0.1) is 0 Å². The van der Waals surface area contributed by atoms with Crippen LogP contribution in [0.15, 0.2) is 60.7 Å². The van der Waals surface area contributed by atoms with Crippen molar-refractivity contribution < 1.29 is 39.4 Å². The molecule has 2 heterocycles. The number of aromatic hydroxyl groups is 4. The van der Waals surface area contributed by atoms with E-state index in [0.29, 0.717) is 48.7 Å². The summed E-state index contributed by atoms with van der Waals surface area (Å²) in [6.07, 6.45) is 2.39. The number of benzene rings is 4. The average molecular weight is 515 g/mol. The zero-order chi connectivity index (χ0) is 26.2. The Labute approximate surface area is 218 Å². The Morgan fingerprint density at radius 2 is 0.763 bits per heavy atom. The van der Waals surface area contributed by atoms with Crippen molar-refractivity contribution in [1.82, 2.24) is 0 Å². The van der Waals surface area contributed by atoms with E-state index in [1.807, 2.05) is 24.3 Å². The molecule has 0 saturated heterocycles. The van der Waals surface area contributed by atoms with E-state index < -0.39 is 0 Å². The Bertz CT molecular complexity index is 1370. The summed E-state index contributed by atoms with van der Waals surface area (Å²) in [5.41, 5.74) is 5.53. The van der Waals surface area contributed by atoms with Gasteiger partial charge in [-0.1, -0.05) is 0 Å². The van der Waals surface area contributed by atoms with Gasteiger partial charge in [-0.25, -0.2) is 0 Å². The first kappa shape index (κ1) is 23.7. The SMILES string of the molecule is Oc1cc(O)cc(CCc2cc3c(cc2-c2cc4c(cc2CCc2cc(O)cc(O)c2)OCO4)OCO3)c1. The molecule has 0 fully saturated rings. The Morgan fingerprint density at radius 3 is 1.13 bits per heavy atom. The molecule has 8 heteroatoms. The molecular weight excluding hydrogens is 488 g/mol. The highest BCUT2D eigenvalue weighted by Crippen LogP contribution is 2.44. The monoisotopic (exact) mass is 514 g/mol. The summed E-state index contributed by atoms with van der Waals surface area (Å²) >= 11 is 0. The van der Waals surface area contributed by atoms with E-state index in [4.69, 9.17) is 18.9 Å². The van der Waals surface area contributed by atoms with Crippen molar-refractivity contribution in [3.05, 3.63) is 82.9 Å². The number of hydrogen-bond acceptors (Lipinski definition) is 8. The third-order valence-electron chi connectivity index (χ3n) is 6.78. The minimum Gasteiger partial charge on any atom is -0.508 e. The van der Waals surface area contributed by atoms with Crippen LogP contribution in [-0.2, 0) is 25.7 Å². The fourth-order valence-electron chi connectivity index (χ4n) is 5.04. The van der Waals surface area contributed by atoms with E-state index >= 15 is 0 Å². The molecular formula is C30H26O8. The summed E-state index contributed by atoms with van der Waals surface area (Å²) in [5, 5.41) is 39.6. The van der Waals surface area contributed by atoms with E-state index in [2.05, 4.69) is 0 Å². The third-order valence-corrected chi connectivity index (χ3v) is 6.78. The number of hydrogen-bond donors (Lipinski definition) is 4. The van der Waals surface area contributed by atoms with Crippen LogP contribution in [0.2, 0.25) is 0 Å². The lowest BCUT2D eigenvalue weighted by atomic mass is 9.89. The maximum atomic E-state index is 9.91. The molecule has 0 atom stereocenters. The smallest absolute Gasteiger partial charge is 0.231 e. The van der Waals surface area contributed by atoms with Crippen molar-refractivity contribution in [3.8, 4) is 57.1 Å². The van der Waals surface area contributed by atoms with Gasteiger partial charge < -0.3 is 39.4 Å². The topological polar surface area (TPSA) is 118 Å². The van der Waals surface area contributed by atoms with Gasteiger partial charge in [-0.05, 0) is 108 Å². The van der Waals surface area contributed by atoms with Gasteiger partial charge in [0.15, 0.2) is 23.0 Å². The summed E-state index contributed by atoms with van der Waals surface area (Å²) < 4.78 is 22.7. The molecule has 6 rings (SSSR count). The minimum atomic E-state index is 0.0157. The Kier molecular flexibility index (Phi) is 5.99. The number of rotatable bonds is 7. The van der Waals surface area contributed by atoms with Gasteiger partial charge in [-0.15, -0.1) is 0 Å². The Hall–Kier alpha value is -4.72. The van der Waals surface area contributed by atoms with Crippen molar-refractivity contribution in [1.29, 1.82) is 0 Å².